The van der Waals surface area contributed by atoms with Gasteiger partial charge in [-0.2, -0.15) is 0 Å². The van der Waals surface area contributed by atoms with Crippen molar-refractivity contribution in [1.82, 2.24) is 5.32 Å². The minimum Gasteiger partial charge on any atom is -0.492 e. The van der Waals surface area contributed by atoms with E-state index in [1.54, 1.807) is 14.2 Å². The number of carbonyl (C=O) groups is 2. The minimum absolute atomic E-state index is 0.125. The van der Waals surface area contributed by atoms with Gasteiger partial charge in [-0.25, -0.2) is 0 Å². The van der Waals surface area contributed by atoms with E-state index in [9.17, 15) is 9.59 Å². The summed E-state index contributed by atoms with van der Waals surface area (Å²) in [6, 6.07) is 23.2. The highest BCUT2D eigenvalue weighted by atomic mass is 16.7. The van der Waals surface area contributed by atoms with E-state index in [4.69, 9.17) is 18.9 Å². The Bertz CT molecular complexity index is 1190. The van der Waals surface area contributed by atoms with Crippen LogP contribution in [0.1, 0.15) is 60.9 Å². The first-order valence-electron chi connectivity index (χ1n) is 13.9. The number of ether oxygens (including phenoxy) is 4. The second kappa shape index (κ2) is 16.4. The van der Waals surface area contributed by atoms with Crippen LogP contribution < -0.4 is 10.1 Å². The molecule has 7 heteroatoms. The zero-order valence-electron chi connectivity index (χ0n) is 24.0. The van der Waals surface area contributed by atoms with Gasteiger partial charge in [-0.1, -0.05) is 62.2 Å². The van der Waals surface area contributed by atoms with Crippen LogP contribution in [0.3, 0.4) is 0 Å². The second-order valence-electron chi connectivity index (χ2n) is 9.55. The molecule has 1 atom stereocenters. The van der Waals surface area contributed by atoms with Crippen LogP contribution in [-0.2, 0) is 25.4 Å². The molecular weight excluding hydrogens is 506 g/mol. The van der Waals surface area contributed by atoms with Crippen LogP contribution >= 0.6 is 0 Å². The molecule has 0 bridgehead atoms. The first kappa shape index (κ1) is 30.9. The van der Waals surface area contributed by atoms with Gasteiger partial charge in [-0.15, -0.1) is 0 Å². The summed E-state index contributed by atoms with van der Waals surface area (Å²) in [5, 5.41) is 2.90. The number of esters is 1. The molecule has 7 nitrogen and oxygen atoms in total. The lowest BCUT2D eigenvalue weighted by Gasteiger charge is -2.15. The summed E-state index contributed by atoms with van der Waals surface area (Å²) in [7, 11) is 3.21. The lowest BCUT2D eigenvalue weighted by atomic mass is 9.94. The third kappa shape index (κ3) is 9.21. The van der Waals surface area contributed by atoms with Crippen molar-refractivity contribution in [3.8, 4) is 16.9 Å². The summed E-state index contributed by atoms with van der Waals surface area (Å²) in [6.45, 7) is 5.08. The highest BCUT2D eigenvalue weighted by Gasteiger charge is 2.19. The molecule has 0 aliphatic rings. The van der Waals surface area contributed by atoms with Crippen molar-refractivity contribution in [3.63, 3.8) is 0 Å². The molecule has 214 valence electrons. The predicted octanol–water partition coefficient (Wildman–Crippen LogP) is 6.37. The second-order valence-corrected chi connectivity index (χ2v) is 9.55. The predicted molar refractivity (Wildman–Crippen MR) is 156 cm³/mol. The average molecular weight is 548 g/mol. The van der Waals surface area contributed by atoms with E-state index < -0.39 is 6.29 Å². The van der Waals surface area contributed by atoms with Gasteiger partial charge >= 0.3 is 5.97 Å². The largest absolute Gasteiger partial charge is 0.492 e. The number of benzene rings is 3. The van der Waals surface area contributed by atoms with Gasteiger partial charge < -0.3 is 24.3 Å². The molecule has 0 aliphatic carbocycles. The van der Waals surface area contributed by atoms with Crippen molar-refractivity contribution in [3.05, 3.63) is 89.5 Å². The summed E-state index contributed by atoms with van der Waals surface area (Å²) in [4.78, 5) is 24.9. The molecule has 3 aromatic carbocycles. The number of unbranched alkanes of at least 4 members (excludes halogenated alkanes) is 1. The lowest BCUT2D eigenvalue weighted by molar-refractivity contribution is -0.148. The van der Waals surface area contributed by atoms with Gasteiger partial charge in [0.15, 0.2) is 6.29 Å². The first-order chi connectivity index (χ1) is 19.5. The van der Waals surface area contributed by atoms with E-state index >= 15 is 0 Å². The fourth-order valence-corrected chi connectivity index (χ4v) is 4.50. The number of nitrogens with one attached hydrogen (secondary N) is 1. The summed E-state index contributed by atoms with van der Waals surface area (Å²) in [5.74, 6) is 0.308. The summed E-state index contributed by atoms with van der Waals surface area (Å²) < 4.78 is 21.7. The van der Waals surface area contributed by atoms with E-state index in [1.165, 1.54) is 0 Å². The van der Waals surface area contributed by atoms with Crippen LogP contribution in [0, 0.1) is 5.92 Å². The van der Waals surface area contributed by atoms with Crippen LogP contribution in [0.5, 0.6) is 5.75 Å². The van der Waals surface area contributed by atoms with Gasteiger partial charge in [0.2, 0.25) is 0 Å². The smallest absolute Gasteiger partial charge is 0.309 e. The van der Waals surface area contributed by atoms with Gasteiger partial charge in [0, 0.05) is 25.3 Å². The number of rotatable bonds is 16. The minimum atomic E-state index is -0.426. The molecule has 3 aromatic rings. The molecule has 0 aromatic heterocycles. The fourth-order valence-electron chi connectivity index (χ4n) is 4.50. The van der Waals surface area contributed by atoms with Crippen molar-refractivity contribution >= 4 is 11.9 Å². The topological polar surface area (TPSA) is 83.1 Å². The van der Waals surface area contributed by atoms with E-state index in [0.29, 0.717) is 31.7 Å². The van der Waals surface area contributed by atoms with Crippen molar-refractivity contribution in [2.45, 2.75) is 45.8 Å². The molecule has 1 unspecified atom stereocenters. The SMILES string of the molecule is CCCCC(Cc1ccc(OCCNC(=O)c2ccc(-c3cccc(C(OC)OC)c3)cc2)cc1)C(=O)OCC. The number of amides is 1. The molecule has 0 radical (unpaired) electrons. The van der Waals surface area contributed by atoms with Crippen molar-refractivity contribution in [1.29, 1.82) is 0 Å². The zero-order chi connectivity index (χ0) is 28.7. The lowest BCUT2D eigenvalue weighted by Crippen LogP contribution is -2.28. The number of carbonyl (C=O) groups excluding carboxylic acids is 2. The average Bonchev–Trinajstić information content (AvgIpc) is 2.99. The van der Waals surface area contributed by atoms with Crippen LogP contribution in [0.4, 0.5) is 0 Å². The Kier molecular flexibility index (Phi) is 12.7. The Morgan fingerprint density at radius 3 is 2.25 bits per heavy atom. The van der Waals surface area contributed by atoms with Crippen LogP contribution in [-0.4, -0.2) is 45.9 Å². The summed E-state index contributed by atoms with van der Waals surface area (Å²) >= 11 is 0. The molecule has 0 aliphatic heterocycles. The Morgan fingerprint density at radius 1 is 0.875 bits per heavy atom. The maximum Gasteiger partial charge on any atom is 0.309 e. The number of hydrogen-bond donors (Lipinski definition) is 1. The molecule has 3 rings (SSSR count). The number of methoxy groups -OCH3 is 2. The molecule has 40 heavy (non-hydrogen) atoms. The van der Waals surface area contributed by atoms with Crippen molar-refractivity contribution in [2.75, 3.05) is 34.0 Å². The highest BCUT2D eigenvalue weighted by Crippen LogP contribution is 2.25. The van der Waals surface area contributed by atoms with Crippen LogP contribution in [0.2, 0.25) is 0 Å². The zero-order valence-corrected chi connectivity index (χ0v) is 24.0. The van der Waals surface area contributed by atoms with E-state index in [1.807, 2.05) is 79.7 Å². The molecule has 0 saturated heterocycles. The Balaban J connectivity index is 1.46. The van der Waals surface area contributed by atoms with Gasteiger partial charge in [0.25, 0.3) is 5.91 Å². The highest BCUT2D eigenvalue weighted by molar-refractivity contribution is 5.94. The van der Waals surface area contributed by atoms with E-state index in [0.717, 1.165) is 47.3 Å². The molecular formula is C33H41NO6. The Hall–Kier alpha value is -3.68. The summed E-state index contributed by atoms with van der Waals surface area (Å²) in [6.07, 6.45) is 3.10. The standard InChI is InChI=1S/C33H41NO6/c1-5-7-9-28(32(36)39-6-2)22-24-12-18-30(19-13-24)40-21-20-34-31(35)26-16-14-25(15-17-26)27-10-8-11-29(23-27)33(37-3)38-4/h8,10-19,23,28,33H,5-7,9,20-22H2,1-4H3,(H,34,35). The Labute approximate surface area is 237 Å². The molecule has 1 N–H and O–H groups in total. The van der Waals surface area contributed by atoms with Crippen LogP contribution in [0.15, 0.2) is 72.8 Å². The van der Waals surface area contributed by atoms with Gasteiger partial charge in [0.1, 0.15) is 12.4 Å². The Morgan fingerprint density at radius 2 is 1.60 bits per heavy atom. The van der Waals surface area contributed by atoms with Crippen molar-refractivity contribution in [2.24, 2.45) is 5.92 Å². The van der Waals surface area contributed by atoms with Gasteiger partial charge in [-0.05, 0) is 66.8 Å². The monoisotopic (exact) mass is 547 g/mol. The first-order valence-corrected chi connectivity index (χ1v) is 13.9. The van der Waals surface area contributed by atoms with E-state index in [2.05, 4.69) is 12.2 Å². The number of hydrogen-bond acceptors (Lipinski definition) is 6. The van der Waals surface area contributed by atoms with Gasteiger partial charge in [-0.3, -0.25) is 9.59 Å². The molecule has 0 spiro atoms. The summed E-state index contributed by atoms with van der Waals surface area (Å²) in [5.41, 5.74) is 4.58. The maximum absolute atomic E-state index is 12.6. The third-order valence-corrected chi connectivity index (χ3v) is 6.66. The quantitative estimate of drug-likeness (QED) is 0.128. The molecule has 0 heterocycles. The maximum atomic E-state index is 12.6. The molecule has 0 saturated carbocycles. The third-order valence-electron chi connectivity index (χ3n) is 6.66. The normalized spacial score (nSPS) is 11.7. The van der Waals surface area contributed by atoms with E-state index in [-0.39, 0.29) is 17.8 Å². The molecule has 0 fully saturated rings. The van der Waals surface area contributed by atoms with Crippen molar-refractivity contribution < 1.29 is 28.5 Å². The van der Waals surface area contributed by atoms with Gasteiger partial charge in [0.05, 0.1) is 19.1 Å². The molecule has 1 amide bonds. The fraction of sp³-hybridized carbons (Fsp3) is 0.394. The van der Waals surface area contributed by atoms with Crippen LogP contribution in [0.25, 0.3) is 11.1 Å².